The lowest BCUT2D eigenvalue weighted by molar-refractivity contribution is 0.301. The fourth-order valence-corrected chi connectivity index (χ4v) is 3.43. The molecule has 1 aromatic carbocycles. The quantitative estimate of drug-likeness (QED) is 0.612. The Labute approximate surface area is 123 Å². The Balaban J connectivity index is 2.72. The molecule has 0 saturated heterocycles. The van der Waals surface area contributed by atoms with Crippen molar-refractivity contribution in [3.05, 3.63) is 31.2 Å². The minimum atomic E-state index is -3.25. The molecule has 1 aromatic rings. The van der Waals surface area contributed by atoms with Gasteiger partial charge in [0.1, 0.15) is 10.6 Å². The van der Waals surface area contributed by atoms with E-state index < -0.39 is 9.84 Å². The van der Waals surface area contributed by atoms with Crippen molar-refractivity contribution >= 4 is 9.84 Å². The molecule has 0 fully saturated rings. The molecule has 0 aliphatic carbocycles. The zero-order valence-corrected chi connectivity index (χ0v) is 13.1. The molecular formula is C16H25O3S. The molecule has 0 amide bonds. The Morgan fingerprint density at radius 3 is 2.55 bits per heavy atom. The smallest absolute Gasteiger partial charge is 0.182 e. The highest BCUT2D eigenvalue weighted by atomic mass is 32.2. The van der Waals surface area contributed by atoms with Crippen molar-refractivity contribution in [1.82, 2.24) is 0 Å². The van der Waals surface area contributed by atoms with Gasteiger partial charge in [0.15, 0.2) is 9.84 Å². The number of para-hydroxylation sites is 1. The Hall–Kier alpha value is -1.03. The molecule has 113 valence electrons. The van der Waals surface area contributed by atoms with Crippen LogP contribution in [0, 0.1) is 6.92 Å². The van der Waals surface area contributed by atoms with Crippen molar-refractivity contribution in [1.29, 1.82) is 0 Å². The van der Waals surface area contributed by atoms with Crippen molar-refractivity contribution in [2.75, 3.05) is 12.4 Å². The number of ether oxygens (including phenoxy) is 1. The summed E-state index contributed by atoms with van der Waals surface area (Å²) in [6, 6.07) is 6.93. The molecular weight excluding hydrogens is 272 g/mol. The van der Waals surface area contributed by atoms with Gasteiger partial charge in [0.2, 0.25) is 0 Å². The molecule has 0 aliphatic rings. The highest BCUT2D eigenvalue weighted by molar-refractivity contribution is 7.91. The van der Waals surface area contributed by atoms with Crippen molar-refractivity contribution in [3.63, 3.8) is 0 Å². The van der Waals surface area contributed by atoms with Gasteiger partial charge in [0, 0.05) is 0 Å². The molecule has 0 bridgehead atoms. The summed E-state index contributed by atoms with van der Waals surface area (Å²) in [5.74, 6) is 0.666. The maximum absolute atomic E-state index is 12.4. The minimum absolute atomic E-state index is 0.182. The fourth-order valence-electron chi connectivity index (χ4n) is 1.91. The topological polar surface area (TPSA) is 43.4 Å². The van der Waals surface area contributed by atoms with E-state index in [1.807, 2.05) is 6.07 Å². The Bertz CT molecular complexity index is 480. The summed E-state index contributed by atoms with van der Waals surface area (Å²) in [7, 11) is -3.25. The van der Waals surface area contributed by atoms with Crippen LogP contribution in [0.4, 0.5) is 0 Å². The molecule has 4 heteroatoms. The SMILES string of the molecule is [CH2]CCCCCS(=O)(=O)c1ccccc1OCCCC. The fraction of sp³-hybridized carbons (Fsp3) is 0.562. The van der Waals surface area contributed by atoms with E-state index in [-0.39, 0.29) is 5.75 Å². The van der Waals surface area contributed by atoms with Crippen LogP contribution in [-0.2, 0) is 9.84 Å². The average molecular weight is 297 g/mol. The van der Waals surface area contributed by atoms with Gasteiger partial charge in [-0.2, -0.15) is 0 Å². The van der Waals surface area contributed by atoms with Crippen LogP contribution < -0.4 is 4.74 Å². The van der Waals surface area contributed by atoms with Crippen LogP contribution in [0.5, 0.6) is 5.75 Å². The highest BCUT2D eigenvalue weighted by Crippen LogP contribution is 2.25. The minimum Gasteiger partial charge on any atom is -0.492 e. The summed E-state index contributed by atoms with van der Waals surface area (Å²) < 4.78 is 30.3. The summed E-state index contributed by atoms with van der Waals surface area (Å²) in [5.41, 5.74) is 0. The van der Waals surface area contributed by atoms with E-state index in [0.29, 0.717) is 23.7 Å². The molecule has 0 atom stereocenters. The Kier molecular flexibility index (Phi) is 7.67. The van der Waals surface area contributed by atoms with Crippen LogP contribution in [-0.4, -0.2) is 20.8 Å². The molecule has 0 aromatic heterocycles. The van der Waals surface area contributed by atoms with Crippen LogP contribution >= 0.6 is 0 Å². The molecule has 0 saturated carbocycles. The third-order valence-corrected chi connectivity index (χ3v) is 4.94. The van der Waals surface area contributed by atoms with E-state index in [4.69, 9.17) is 4.74 Å². The van der Waals surface area contributed by atoms with E-state index in [0.717, 1.165) is 32.1 Å². The predicted molar refractivity (Wildman–Crippen MR) is 82.7 cm³/mol. The first-order chi connectivity index (χ1) is 9.61. The summed E-state index contributed by atoms with van der Waals surface area (Å²) in [4.78, 5) is 0.325. The first-order valence-electron chi connectivity index (χ1n) is 7.35. The van der Waals surface area contributed by atoms with Crippen molar-refractivity contribution < 1.29 is 13.2 Å². The molecule has 1 rings (SSSR count). The molecule has 3 nitrogen and oxygen atoms in total. The van der Waals surface area contributed by atoms with Crippen LogP contribution in [0.3, 0.4) is 0 Å². The first-order valence-corrected chi connectivity index (χ1v) is 9.01. The molecule has 20 heavy (non-hydrogen) atoms. The van der Waals surface area contributed by atoms with Crippen molar-refractivity contribution in [2.24, 2.45) is 0 Å². The third kappa shape index (κ3) is 5.53. The zero-order chi connectivity index (χ0) is 14.8. The second-order valence-electron chi connectivity index (χ2n) is 4.88. The van der Waals surface area contributed by atoms with Gasteiger partial charge in [-0.1, -0.05) is 51.7 Å². The molecule has 0 N–H and O–H groups in total. The third-order valence-electron chi connectivity index (χ3n) is 3.10. The van der Waals surface area contributed by atoms with E-state index in [1.165, 1.54) is 0 Å². The molecule has 0 spiro atoms. The second kappa shape index (κ2) is 9.01. The lowest BCUT2D eigenvalue weighted by Crippen LogP contribution is -2.09. The highest BCUT2D eigenvalue weighted by Gasteiger charge is 2.18. The van der Waals surface area contributed by atoms with E-state index in [9.17, 15) is 8.42 Å². The maximum atomic E-state index is 12.4. The van der Waals surface area contributed by atoms with Crippen LogP contribution in [0.15, 0.2) is 29.2 Å². The van der Waals surface area contributed by atoms with Gasteiger partial charge in [-0.05, 0) is 25.0 Å². The van der Waals surface area contributed by atoms with Gasteiger partial charge in [0.05, 0.1) is 12.4 Å². The number of sulfone groups is 1. The second-order valence-corrected chi connectivity index (χ2v) is 6.96. The summed E-state index contributed by atoms with van der Waals surface area (Å²) in [6.07, 6.45) is 5.38. The summed E-state index contributed by atoms with van der Waals surface area (Å²) in [5, 5.41) is 0. The van der Waals surface area contributed by atoms with Gasteiger partial charge in [-0.3, -0.25) is 0 Å². The van der Waals surface area contributed by atoms with Crippen molar-refractivity contribution in [3.8, 4) is 5.75 Å². The average Bonchev–Trinajstić information content (AvgIpc) is 2.44. The van der Waals surface area contributed by atoms with Gasteiger partial charge in [-0.25, -0.2) is 8.42 Å². The van der Waals surface area contributed by atoms with Crippen LogP contribution in [0.25, 0.3) is 0 Å². The molecule has 0 aliphatic heterocycles. The number of hydrogen-bond donors (Lipinski definition) is 0. The van der Waals surface area contributed by atoms with Gasteiger partial charge in [-0.15, -0.1) is 0 Å². The summed E-state index contributed by atoms with van der Waals surface area (Å²) >= 11 is 0. The van der Waals surface area contributed by atoms with Crippen molar-refractivity contribution in [2.45, 2.75) is 50.3 Å². The molecule has 1 radical (unpaired) electrons. The Morgan fingerprint density at radius 2 is 1.85 bits per heavy atom. The molecule has 0 unspecified atom stereocenters. The standard InChI is InChI=1S/C16H25O3S/c1-3-5-7-10-14-20(17,18)16-12-9-8-11-15(16)19-13-6-4-2/h8-9,11-12H,1,3-7,10,13-14H2,2H3. The monoisotopic (exact) mass is 297 g/mol. The molecule has 0 heterocycles. The van der Waals surface area contributed by atoms with E-state index in [1.54, 1.807) is 18.2 Å². The largest absolute Gasteiger partial charge is 0.492 e. The number of rotatable bonds is 10. The van der Waals surface area contributed by atoms with E-state index >= 15 is 0 Å². The van der Waals surface area contributed by atoms with Crippen LogP contribution in [0.2, 0.25) is 0 Å². The maximum Gasteiger partial charge on any atom is 0.182 e. The predicted octanol–water partition coefficient (Wildman–Crippen LogP) is 4.03. The van der Waals surface area contributed by atoms with Gasteiger partial charge in [0.25, 0.3) is 0 Å². The number of unbranched alkanes of at least 4 members (excludes halogenated alkanes) is 4. The van der Waals surface area contributed by atoms with Crippen LogP contribution in [0.1, 0.15) is 45.4 Å². The number of hydrogen-bond acceptors (Lipinski definition) is 3. The Morgan fingerprint density at radius 1 is 1.10 bits per heavy atom. The van der Waals surface area contributed by atoms with E-state index in [2.05, 4.69) is 13.8 Å². The summed E-state index contributed by atoms with van der Waals surface area (Å²) in [6.45, 7) is 6.40. The normalized spacial score (nSPS) is 11.5. The number of benzene rings is 1. The lowest BCUT2D eigenvalue weighted by Gasteiger charge is -2.11. The zero-order valence-electron chi connectivity index (χ0n) is 12.3. The van der Waals surface area contributed by atoms with Gasteiger partial charge >= 0.3 is 0 Å². The van der Waals surface area contributed by atoms with Gasteiger partial charge < -0.3 is 4.74 Å². The first kappa shape index (κ1) is 17.0. The lowest BCUT2D eigenvalue weighted by atomic mass is 10.2.